The first-order valence-electron chi connectivity index (χ1n) is 9.66. The van der Waals surface area contributed by atoms with E-state index in [4.69, 9.17) is 0 Å². The van der Waals surface area contributed by atoms with Crippen LogP contribution in [0.3, 0.4) is 0 Å². The third kappa shape index (κ3) is 4.32. The fraction of sp³-hybridized carbons (Fsp3) is 0.217. The van der Waals surface area contributed by atoms with E-state index in [0.717, 1.165) is 27.7 Å². The van der Waals surface area contributed by atoms with E-state index in [0.29, 0.717) is 18.5 Å². The zero-order chi connectivity index (χ0) is 20.2. The van der Waals surface area contributed by atoms with E-state index in [-0.39, 0.29) is 11.9 Å². The van der Waals surface area contributed by atoms with E-state index < -0.39 is 0 Å². The van der Waals surface area contributed by atoms with Gasteiger partial charge in [-0.2, -0.15) is 5.10 Å². The molecular formula is C23H23N5O. The Labute approximate surface area is 169 Å². The van der Waals surface area contributed by atoms with E-state index in [2.05, 4.69) is 20.4 Å². The van der Waals surface area contributed by atoms with Gasteiger partial charge in [0.2, 0.25) is 0 Å². The van der Waals surface area contributed by atoms with E-state index in [1.54, 1.807) is 11.0 Å². The average molecular weight is 385 g/mol. The zero-order valence-corrected chi connectivity index (χ0v) is 16.5. The molecule has 29 heavy (non-hydrogen) atoms. The van der Waals surface area contributed by atoms with Gasteiger partial charge in [-0.15, -0.1) is 0 Å². The molecule has 6 nitrogen and oxygen atoms in total. The van der Waals surface area contributed by atoms with Crippen molar-refractivity contribution in [2.75, 3.05) is 0 Å². The number of nitrogens with one attached hydrogen (secondary N) is 1. The van der Waals surface area contributed by atoms with Crippen molar-refractivity contribution >= 4 is 16.8 Å². The van der Waals surface area contributed by atoms with Crippen LogP contribution in [0.25, 0.3) is 10.9 Å². The van der Waals surface area contributed by atoms with E-state index in [9.17, 15) is 4.79 Å². The summed E-state index contributed by atoms with van der Waals surface area (Å²) < 4.78 is 1.78. The molecule has 1 atom stereocenters. The Morgan fingerprint density at radius 1 is 1.10 bits per heavy atom. The maximum absolute atomic E-state index is 13.3. The number of nitrogens with zero attached hydrogens (tertiary/aromatic N) is 4. The molecule has 146 valence electrons. The van der Waals surface area contributed by atoms with Crippen molar-refractivity contribution in [3.63, 3.8) is 0 Å². The number of benzene rings is 2. The number of fused-ring (bicyclic) bond motifs is 1. The molecule has 1 N–H and O–H groups in total. The minimum absolute atomic E-state index is 0.0986. The van der Waals surface area contributed by atoms with Crippen molar-refractivity contribution in [1.82, 2.24) is 25.1 Å². The van der Waals surface area contributed by atoms with Gasteiger partial charge in [0.15, 0.2) is 0 Å². The molecule has 0 saturated heterocycles. The van der Waals surface area contributed by atoms with Gasteiger partial charge in [0.1, 0.15) is 12.7 Å². The summed E-state index contributed by atoms with van der Waals surface area (Å²) in [6.07, 6.45) is 3.91. The second-order valence-electron chi connectivity index (χ2n) is 7.22. The summed E-state index contributed by atoms with van der Waals surface area (Å²) in [5.74, 6) is -0.0986. The molecule has 1 amide bonds. The number of aromatic nitrogens is 4. The van der Waals surface area contributed by atoms with Crippen LogP contribution in [-0.4, -0.2) is 25.7 Å². The van der Waals surface area contributed by atoms with Crippen LogP contribution in [0.5, 0.6) is 0 Å². The second kappa shape index (κ2) is 8.22. The van der Waals surface area contributed by atoms with Gasteiger partial charge >= 0.3 is 0 Å². The number of hydrogen-bond acceptors (Lipinski definition) is 4. The summed E-state index contributed by atoms with van der Waals surface area (Å²) in [4.78, 5) is 21.9. The van der Waals surface area contributed by atoms with Gasteiger partial charge in [0.25, 0.3) is 5.91 Å². The lowest BCUT2D eigenvalue weighted by molar-refractivity contribution is 0.0935. The van der Waals surface area contributed by atoms with Gasteiger partial charge < -0.3 is 5.32 Å². The summed E-state index contributed by atoms with van der Waals surface area (Å²) in [5, 5.41) is 8.26. The molecule has 0 spiro atoms. The van der Waals surface area contributed by atoms with Crippen LogP contribution in [0, 0.1) is 13.8 Å². The number of pyridine rings is 1. The largest absolute Gasteiger partial charge is 0.345 e. The van der Waals surface area contributed by atoms with Crippen molar-refractivity contribution < 1.29 is 4.79 Å². The van der Waals surface area contributed by atoms with Crippen LogP contribution in [0.4, 0.5) is 0 Å². The third-order valence-corrected chi connectivity index (χ3v) is 4.96. The maximum Gasteiger partial charge on any atom is 0.252 e. The number of aryl methyl sites for hydroxylation is 3. The topological polar surface area (TPSA) is 72.7 Å². The monoisotopic (exact) mass is 385 g/mol. The SMILES string of the molecule is Cc1ccc2nc(C)cc(C(=O)N[C@@H](CCn3cncn3)c3ccccc3)c2c1. The summed E-state index contributed by atoms with van der Waals surface area (Å²) >= 11 is 0. The van der Waals surface area contributed by atoms with Crippen LogP contribution in [0.15, 0.2) is 67.3 Å². The Morgan fingerprint density at radius 2 is 1.93 bits per heavy atom. The highest BCUT2D eigenvalue weighted by atomic mass is 16.1. The predicted octanol–water partition coefficient (Wildman–Crippen LogP) is 4.00. The Bertz CT molecular complexity index is 1120. The summed E-state index contributed by atoms with van der Waals surface area (Å²) in [5.41, 5.74) is 4.47. The minimum Gasteiger partial charge on any atom is -0.345 e. The molecule has 0 aliphatic rings. The Morgan fingerprint density at radius 3 is 2.69 bits per heavy atom. The van der Waals surface area contributed by atoms with Gasteiger partial charge in [-0.1, -0.05) is 42.0 Å². The van der Waals surface area contributed by atoms with Crippen molar-refractivity contribution in [3.8, 4) is 0 Å². The molecule has 0 radical (unpaired) electrons. The molecule has 4 rings (SSSR count). The summed E-state index contributed by atoms with van der Waals surface area (Å²) in [6, 6.07) is 17.7. The van der Waals surface area contributed by atoms with Gasteiger partial charge in [-0.3, -0.25) is 14.5 Å². The molecular weight excluding hydrogens is 362 g/mol. The van der Waals surface area contributed by atoms with Crippen LogP contribution in [0.1, 0.15) is 39.6 Å². The van der Waals surface area contributed by atoms with Gasteiger partial charge in [-0.05, 0) is 44.0 Å². The highest BCUT2D eigenvalue weighted by molar-refractivity contribution is 6.06. The fourth-order valence-corrected chi connectivity index (χ4v) is 3.51. The molecule has 2 aromatic heterocycles. The molecule has 6 heteroatoms. The zero-order valence-electron chi connectivity index (χ0n) is 16.5. The van der Waals surface area contributed by atoms with E-state index >= 15 is 0 Å². The van der Waals surface area contributed by atoms with Crippen molar-refractivity contribution in [2.24, 2.45) is 0 Å². The van der Waals surface area contributed by atoms with E-state index in [1.165, 1.54) is 6.33 Å². The standard InChI is InChI=1S/C23H23N5O/c1-16-8-9-22-19(12-16)20(13-17(2)26-22)23(29)27-21(18-6-4-3-5-7-18)10-11-28-15-24-14-25-28/h3-9,12-15,21H,10-11H2,1-2H3,(H,27,29)/t21-/m0/s1. The summed E-state index contributed by atoms with van der Waals surface area (Å²) in [7, 11) is 0. The molecule has 2 aromatic carbocycles. The Balaban J connectivity index is 1.64. The first kappa shape index (κ1) is 18.8. The number of carbonyl (C=O) groups is 1. The quantitative estimate of drug-likeness (QED) is 0.544. The maximum atomic E-state index is 13.3. The number of amides is 1. The van der Waals surface area contributed by atoms with Crippen LogP contribution >= 0.6 is 0 Å². The van der Waals surface area contributed by atoms with Crippen molar-refractivity contribution in [3.05, 3.63) is 89.6 Å². The number of rotatable bonds is 6. The number of carbonyl (C=O) groups excluding carboxylic acids is 1. The normalized spacial score (nSPS) is 12.1. The molecule has 0 unspecified atom stereocenters. The van der Waals surface area contributed by atoms with Gasteiger partial charge in [0.05, 0.1) is 17.1 Å². The first-order valence-corrected chi connectivity index (χ1v) is 9.66. The van der Waals surface area contributed by atoms with E-state index in [1.807, 2.05) is 68.4 Å². The van der Waals surface area contributed by atoms with Crippen LogP contribution in [0.2, 0.25) is 0 Å². The van der Waals surface area contributed by atoms with Crippen molar-refractivity contribution in [1.29, 1.82) is 0 Å². The lowest BCUT2D eigenvalue weighted by Crippen LogP contribution is -2.29. The summed E-state index contributed by atoms with van der Waals surface area (Å²) in [6.45, 7) is 4.59. The van der Waals surface area contributed by atoms with Crippen LogP contribution in [-0.2, 0) is 6.54 Å². The number of hydrogen-bond donors (Lipinski definition) is 1. The lowest BCUT2D eigenvalue weighted by atomic mass is 10.0. The molecule has 0 aliphatic heterocycles. The molecule has 0 bridgehead atoms. The molecule has 0 saturated carbocycles. The third-order valence-electron chi connectivity index (χ3n) is 4.96. The lowest BCUT2D eigenvalue weighted by Gasteiger charge is -2.20. The highest BCUT2D eigenvalue weighted by Crippen LogP contribution is 2.23. The van der Waals surface area contributed by atoms with Gasteiger partial charge in [0, 0.05) is 17.6 Å². The Hall–Kier alpha value is -3.54. The van der Waals surface area contributed by atoms with Crippen molar-refractivity contribution in [2.45, 2.75) is 32.9 Å². The molecule has 0 aliphatic carbocycles. The Kier molecular flexibility index (Phi) is 5.33. The predicted molar refractivity (Wildman–Crippen MR) is 113 cm³/mol. The second-order valence-corrected chi connectivity index (χ2v) is 7.22. The average Bonchev–Trinajstić information content (AvgIpc) is 3.25. The smallest absolute Gasteiger partial charge is 0.252 e. The molecule has 0 fully saturated rings. The first-order chi connectivity index (χ1) is 14.1. The van der Waals surface area contributed by atoms with Gasteiger partial charge in [-0.25, -0.2) is 4.98 Å². The molecule has 2 heterocycles. The fourth-order valence-electron chi connectivity index (χ4n) is 3.51. The molecule has 4 aromatic rings. The highest BCUT2D eigenvalue weighted by Gasteiger charge is 2.18. The minimum atomic E-state index is -0.138. The van der Waals surface area contributed by atoms with Crippen LogP contribution < -0.4 is 5.32 Å².